The van der Waals surface area contributed by atoms with Crippen LogP contribution in [0.1, 0.15) is 56.1 Å². The molecule has 0 amide bonds. The summed E-state index contributed by atoms with van der Waals surface area (Å²) in [5.41, 5.74) is 6.28. The molecule has 3 aliphatic rings. The highest BCUT2D eigenvalue weighted by molar-refractivity contribution is 5.48. The van der Waals surface area contributed by atoms with E-state index >= 15 is 0 Å². The van der Waals surface area contributed by atoms with E-state index in [4.69, 9.17) is 4.74 Å². The number of aliphatic hydroxyl groups excluding tert-OH is 1. The molecule has 2 heteroatoms. The Bertz CT molecular complexity index is 616. The normalized spacial score (nSPS) is 34.2. The van der Waals surface area contributed by atoms with Crippen molar-refractivity contribution in [2.24, 2.45) is 5.41 Å². The maximum Gasteiger partial charge on any atom is 0.119 e. The molecule has 1 fully saturated rings. The van der Waals surface area contributed by atoms with E-state index < -0.39 is 0 Å². The average Bonchev–Trinajstić information content (AvgIpc) is 2.82. The zero-order valence-corrected chi connectivity index (χ0v) is 13.0. The Morgan fingerprint density at radius 2 is 2.05 bits per heavy atom. The SMILES string of the molecule is COc1ccc2c(c1)CCC1=C3CC[C@@H](O)[C@@]3(C)CC[C@@H]12. The van der Waals surface area contributed by atoms with Crippen LogP contribution in [0.15, 0.2) is 29.3 Å². The van der Waals surface area contributed by atoms with Gasteiger partial charge in [0, 0.05) is 11.3 Å². The second kappa shape index (κ2) is 4.61. The molecule has 0 saturated heterocycles. The lowest BCUT2D eigenvalue weighted by molar-refractivity contribution is 0.0708. The molecule has 1 aromatic carbocycles. The van der Waals surface area contributed by atoms with Gasteiger partial charge in [0.1, 0.15) is 5.75 Å². The summed E-state index contributed by atoms with van der Waals surface area (Å²) in [6.45, 7) is 2.28. The lowest BCUT2D eigenvalue weighted by atomic mass is 9.63. The van der Waals surface area contributed by atoms with Gasteiger partial charge in [0.2, 0.25) is 0 Å². The van der Waals surface area contributed by atoms with Crippen molar-refractivity contribution in [1.82, 2.24) is 0 Å². The van der Waals surface area contributed by atoms with Crippen molar-refractivity contribution in [3.8, 4) is 5.75 Å². The van der Waals surface area contributed by atoms with Gasteiger partial charge in [-0.1, -0.05) is 24.1 Å². The highest BCUT2D eigenvalue weighted by Crippen LogP contribution is 2.57. The van der Waals surface area contributed by atoms with Crippen LogP contribution in [-0.4, -0.2) is 18.3 Å². The summed E-state index contributed by atoms with van der Waals surface area (Å²) in [5, 5.41) is 10.4. The van der Waals surface area contributed by atoms with E-state index in [1.54, 1.807) is 18.3 Å². The summed E-state index contributed by atoms with van der Waals surface area (Å²) >= 11 is 0. The van der Waals surface area contributed by atoms with E-state index in [9.17, 15) is 5.11 Å². The van der Waals surface area contributed by atoms with Crippen LogP contribution in [0.5, 0.6) is 5.75 Å². The van der Waals surface area contributed by atoms with Gasteiger partial charge in [0.15, 0.2) is 0 Å². The van der Waals surface area contributed by atoms with Crippen molar-refractivity contribution in [3.63, 3.8) is 0 Å². The predicted octanol–water partition coefficient (Wildman–Crippen LogP) is 3.98. The molecular weight excluding hydrogens is 260 g/mol. The van der Waals surface area contributed by atoms with Crippen LogP contribution in [0.25, 0.3) is 0 Å². The molecule has 3 aliphatic carbocycles. The molecule has 0 spiro atoms. The third-order valence-electron chi connectivity index (χ3n) is 6.24. The molecule has 0 radical (unpaired) electrons. The van der Waals surface area contributed by atoms with Crippen molar-refractivity contribution in [1.29, 1.82) is 0 Å². The van der Waals surface area contributed by atoms with Gasteiger partial charge in [-0.2, -0.15) is 0 Å². The average molecular weight is 284 g/mol. The number of hydrogen-bond donors (Lipinski definition) is 1. The number of aliphatic hydroxyl groups is 1. The quantitative estimate of drug-likeness (QED) is 0.791. The van der Waals surface area contributed by atoms with Crippen molar-refractivity contribution in [2.75, 3.05) is 7.11 Å². The Kier molecular flexibility index (Phi) is 2.94. The molecule has 0 unspecified atom stereocenters. The smallest absolute Gasteiger partial charge is 0.119 e. The summed E-state index contributed by atoms with van der Waals surface area (Å²) in [6, 6.07) is 6.59. The Morgan fingerprint density at radius 1 is 1.19 bits per heavy atom. The first-order valence-electron chi connectivity index (χ1n) is 8.21. The van der Waals surface area contributed by atoms with Crippen molar-refractivity contribution < 1.29 is 9.84 Å². The largest absolute Gasteiger partial charge is 0.497 e. The summed E-state index contributed by atoms with van der Waals surface area (Å²) in [5.74, 6) is 1.56. The number of aryl methyl sites for hydroxylation is 1. The fourth-order valence-corrected chi connectivity index (χ4v) is 4.96. The second-order valence-corrected chi connectivity index (χ2v) is 7.13. The second-order valence-electron chi connectivity index (χ2n) is 7.13. The molecular formula is C19H24O2. The van der Waals surface area contributed by atoms with E-state index in [-0.39, 0.29) is 11.5 Å². The van der Waals surface area contributed by atoms with Gasteiger partial charge in [0.25, 0.3) is 0 Å². The lowest BCUT2D eigenvalue weighted by Gasteiger charge is -2.42. The number of fused-ring (bicyclic) bond motifs is 4. The molecule has 0 aromatic heterocycles. The van der Waals surface area contributed by atoms with Gasteiger partial charge in [-0.15, -0.1) is 0 Å². The first-order valence-corrected chi connectivity index (χ1v) is 8.21. The fraction of sp³-hybridized carbons (Fsp3) is 0.579. The third-order valence-corrected chi connectivity index (χ3v) is 6.24. The predicted molar refractivity (Wildman–Crippen MR) is 83.7 cm³/mol. The van der Waals surface area contributed by atoms with Crippen LogP contribution in [0.3, 0.4) is 0 Å². The van der Waals surface area contributed by atoms with Crippen LogP contribution < -0.4 is 4.74 Å². The highest BCUT2D eigenvalue weighted by atomic mass is 16.5. The van der Waals surface area contributed by atoms with Crippen molar-refractivity contribution >= 4 is 0 Å². The van der Waals surface area contributed by atoms with E-state index in [1.165, 1.54) is 24.0 Å². The minimum Gasteiger partial charge on any atom is -0.497 e. The van der Waals surface area contributed by atoms with Gasteiger partial charge < -0.3 is 9.84 Å². The number of hydrogen-bond acceptors (Lipinski definition) is 2. The van der Waals surface area contributed by atoms with Crippen LogP contribution in [-0.2, 0) is 6.42 Å². The zero-order chi connectivity index (χ0) is 14.6. The monoisotopic (exact) mass is 284 g/mol. The zero-order valence-electron chi connectivity index (χ0n) is 13.0. The molecule has 1 aromatic rings. The molecule has 21 heavy (non-hydrogen) atoms. The Labute approximate surface area is 126 Å². The number of ether oxygens (including phenoxy) is 1. The Morgan fingerprint density at radius 3 is 2.86 bits per heavy atom. The van der Waals surface area contributed by atoms with Crippen molar-refractivity contribution in [2.45, 2.75) is 57.5 Å². The van der Waals surface area contributed by atoms with Crippen LogP contribution in [0, 0.1) is 5.41 Å². The number of allylic oxidation sites excluding steroid dienone is 1. The third kappa shape index (κ3) is 1.81. The molecule has 0 bridgehead atoms. The van der Waals surface area contributed by atoms with E-state index in [2.05, 4.69) is 25.1 Å². The highest BCUT2D eigenvalue weighted by Gasteiger charge is 2.47. The van der Waals surface area contributed by atoms with E-state index in [0.717, 1.165) is 31.4 Å². The molecule has 112 valence electrons. The molecule has 1 N–H and O–H groups in total. The fourth-order valence-electron chi connectivity index (χ4n) is 4.96. The Hall–Kier alpha value is -1.28. The Balaban J connectivity index is 1.80. The topological polar surface area (TPSA) is 29.5 Å². The minimum atomic E-state index is -0.127. The molecule has 1 saturated carbocycles. The number of methoxy groups -OCH3 is 1. The minimum absolute atomic E-state index is 0.0653. The molecule has 0 heterocycles. The lowest BCUT2D eigenvalue weighted by Crippen LogP contribution is -2.34. The van der Waals surface area contributed by atoms with Gasteiger partial charge in [0.05, 0.1) is 13.2 Å². The van der Waals surface area contributed by atoms with Gasteiger partial charge in [-0.3, -0.25) is 0 Å². The van der Waals surface area contributed by atoms with Crippen LogP contribution in [0.2, 0.25) is 0 Å². The maximum absolute atomic E-state index is 10.4. The maximum atomic E-state index is 10.4. The summed E-state index contributed by atoms with van der Waals surface area (Å²) in [6.07, 6.45) is 6.54. The van der Waals surface area contributed by atoms with Gasteiger partial charge in [-0.25, -0.2) is 0 Å². The first-order chi connectivity index (χ1) is 10.1. The molecule has 0 aliphatic heterocycles. The van der Waals surface area contributed by atoms with Crippen LogP contribution >= 0.6 is 0 Å². The number of benzene rings is 1. The van der Waals surface area contributed by atoms with E-state index in [1.807, 2.05) is 0 Å². The molecule has 3 atom stereocenters. The first kappa shape index (κ1) is 13.4. The summed E-state index contributed by atoms with van der Waals surface area (Å²) in [7, 11) is 1.74. The van der Waals surface area contributed by atoms with Gasteiger partial charge in [-0.05, 0) is 61.8 Å². The summed E-state index contributed by atoms with van der Waals surface area (Å²) in [4.78, 5) is 0. The molecule has 2 nitrogen and oxygen atoms in total. The molecule has 4 rings (SSSR count). The standard InChI is InChI=1S/C19H24O2/c1-19-10-9-15-14-6-4-13(21-2)11-12(14)3-5-16(15)17(19)7-8-18(19)20/h4,6,11,15,18,20H,3,5,7-10H2,1-2H3/t15-,18-,19+/m1/s1. The van der Waals surface area contributed by atoms with E-state index in [0.29, 0.717) is 5.92 Å². The van der Waals surface area contributed by atoms with Crippen LogP contribution in [0.4, 0.5) is 0 Å². The summed E-state index contributed by atoms with van der Waals surface area (Å²) < 4.78 is 5.37. The van der Waals surface area contributed by atoms with Gasteiger partial charge >= 0.3 is 0 Å². The van der Waals surface area contributed by atoms with Crippen molar-refractivity contribution in [3.05, 3.63) is 40.5 Å². The number of rotatable bonds is 1.